The molecule has 4 rings (SSSR count). The third-order valence-corrected chi connectivity index (χ3v) is 5.30. The molecule has 0 fully saturated rings. The zero-order valence-corrected chi connectivity index (χ0v) is 19.6. The average Bonchev–Trinajstić information content (AvgIpc) is 2.86. The van der Waals surface area contributed by atoms with Crippen LogP contribution in [0.4, 0.5) is 11.5 Å². The van der Waals surface area contributed by atoms with Crippen molar-refractivity contribution >= 4 is 45.9 Å². The number of benzene rings is 3. The molecule has 0 amide bonds. The highest BCUT2D eigenvalue weighted by Crippen LogP contribution is 2.35. The van der Waals surface area contributed by atoms with Crippen molar-refractivity contribution in [3.05, 3.63) is 83.2 Å². The topological polar surface area (TPSA) is 82.6 Å². The number of ether oxygens (including phenoxy) is 3. The van der Waals surface area contributed by atoms with E-state index in [0.717, 1.165) is 11.3 Å². The van der Waals surface area contributed by atoms with Crippen molar-refractivity contribution in [2.45, 2.75) is 0 Å². The Morgan fingerprint density at radius 1 is 0.912 bits per heavy atom. The largest absolute Gasteiger partial charge is 0.497 e. The van der Waals surface area contributed by atoms with Crippen LogP contribution in [-0.2, 0) is 0 Å². The van der Waals surface area contributed by atoms with Gasteiger partial charge in [0.1, 0.15) is 11.6 Å². The third-order valence-electron chi connectivity index (χ3n) is 5.13. The number of hydrogen-bond acceptors (Lipinski definition) is 7. The number of anilines is 2. The summed E-state index contributed by atoms with van der Waals surface area (Å²) < 4.78 is 15.9. The van der Waals surface area contributed by atoms with Crippen molar-refractivity contribution in [1.82, 2.24) is 9.97 Å². The maximum absolute atomic E-state index is 12.7. The molecule has 0 bridgehead atoms. The molecule has 34 heavy (non-hydrogen) atoms. The molecule has 0 aliphatic heterocycles. The predicted octanol–water partition coefficient (Wildman–Crippen LogP) is 5.95. The van der Waals surface area contributed by atoms with Gasteiger partial charge in [-0.05, 0) is 53.6 Å². The van der Waals surface area contributed by atoms with Crippen LogP contribution in [0.3, 0.4) is 0 Å². The fraction of sp³-hybridized carbons (Fsp3) is 0.115. The van der Waals surface area contributed by atoms with E-state index >= 15 is 0 Å². The van der Waals surface area contributed by atoms with Gasteiger partial charge in [0.25, 0.3) is 0 Å². The van der Waals surface area contributed by atoms with E-state index in [1.165, 1.54) is 6.08 Å². The number of halogens is 1. The van der Waals surface area contributed by atoms with Crippen LogP contribution in [0.15, 0.2) is 66.7 Å². The number of methoxy groups -OCH3 is 3. The summed E-state index contributed by atoms with van der Waals surface area (Å²) in [6.07, 6.45) is 3.30. The van der Waals surface area contributed by atoms with Crippen LogP contribution in [0.1, 0.15) is 15.9 Å². The van der Waals surface area contributed by atoms with Crippen LogP contribution < -0.4 is 19.5 Å². The van der Waals surface area contributed by atoms with Crippen molar-refractivity contribution in [2.24, 2.45) is 0 Å². The van der Waals surface area contributed by atoms with Gasteiger partial charge in [-0.2, -0.15) is 4.98 Å². The van der Waals surface area contributed by atoms with Crippen molar-refractivity contribution in [3.8, 4) is 17.2 Å². The lowest BCUT2D eigenvalue weighted by Gasteiger charge is -2.13. The lowest BCUT2D eigenvalue weighted by molar-refractivity contribution is 0.104. The molecular formula is C26H22ClN3O4. The number of carbonyl (C=O) groups excluding carboxylic acids is 1. The molecule has 8 heteroatoms. The summed E-state index contributed by atoms with van der Waals surface area (Å²) in [5.74, 6) is 2.19. The Morgan fingerprint density at radius 2 is 1.65 bits per heavy atom. The Balaban J connectivity index is 1.60. The Kier molecular flexibility index (Phi) is 6.94. The number of nitrogens with one attached hydrogen (secondary N) is 1. The molecule has 0 spiro atoms. The molecular weight excluding hydrogens is 454 g/mol. The van der Waals surface area contributed by atoms with Crippen LogP contribution in [0.5, 0.6) is 17.2 Å². The highest BCUT2D eigenvalue weighted by molar-refractivity contribution is 6.29. The zero-order valence-electron chi connectivity index (χ0n) is 18.8. The first kappa shape index (κ1) is 23.1. The second-order valence-electron chi connectivity index (χ2n) is 7.24. The first-order valence-electron chi connectivity index (χ1n) is 10.3. The first-order valence-corrected chi connectivity index (χ1v) is 10.7. The number of hydrogen-bond donors (Lipinski definition) is 1. The second-order valence-corrected chi connectivity index (χ2v) is 7.58. The second kappa shape index (κ2) is 10.2. The first-order chi connectivity index (χ1) is 16.5. The summed E-state index contributed by atoms with van der Waals surface area (Å²) in [6, 6.07) is 18.1. The monoisotopic (exact) mass is 475 g/mol. The number of carbonyl (C=O) groups is 1. The highest BCUT2D eigenvalue weighted by Gasteiger charge is 2.13. The molecule has 0 unspecified atom stereocenters. The lowest BCUT2D eigenvalue weighted by atomic mass is 10.1. The van der Waals surface area contributed by atoms with Gasteiger partial charge in [0.05, 0.1) is 26.8 Å². The van der Waals surface area contributed by atoms with Crippen LogP contribution in [0.2, 0.25) is 5.28 Å². The molecule has 172 valence electrons. The predicted molar refractivity (Wildman–Crippen MR) is 134 cm³/mol. The highest BCUT2D eigenvalue weighted by atomic mass is 35.5. The minimum Gasteiger partial charge on any atom is -0.497 e. The number of allylic oxidation sites excluding steroid dienone is 1. The number of ketones is 1. The molecule has 4 aromatic rings. The molecule has 1 aromatic heterocycles. The molecule has 7 nitrogen and oxygen atoms in total. The number of fused-ring (bicyclic) bond motifs is 1. The molecule has 1 heterocycles. The van der Waals surface area contributed by atoms with E-state index in [1.807, 2.05) is 30.3 Å². The summed E-state index contributed by atoms with van der Waals surface area (Å²) >= 11 is 6.15. The Bertz CT molecular complexity index is 1370. The quantitative estimate of drug-likeness (QED) is 0.191. The summed E-state index contributed by atoms with van der Waals surface area (Å²) in [5.41, 5.74) is 2.69. The van der Waals surface area contributed by atoms with Crippen LogP contribution in [0.25, 0.3) is 17.0 Å². The molecule has 0 aliphatic rings. The Hall–Kier alpha value is -4.10. The van der Waals surface area contributed by atoms with Crippen molar-refractivity contribution in [2.75, 3.05) is 26.6 Å². The maximum atomic E-state index is 12.7. The third kappa shape index (κ3) is 5.10. The minimum absolute atomic E-state index is 0.0804. The molecule has 0 radical (unpaired) electrons. The Morgan fingerprint density at radius 3 is 2.35 bits per heavy atom. The number of rotatable bonds is 8. The van der Waals surface area contributed by atoms with Gasteiger partial charge >= 0.3 is 0 Å². The average molecular weight is 476 g/mol. The van der Waals surface area contributed by atoms with Gasteiger partial charge in [-0.1, -0.05) is 30.3 Å². The normalized spacial score (nSPS) is 10.9. The number of nitrogens with zero attached hydrogens (tertiary/aromatic N) is 2. The summed E-state index contributed by atoms with van der Waals surface area (Å²) in [5, 5.41) is 4.01. The lowest BCUT2D eigenvalue weighted by Crippen LogP contribution is -2.00. The van der Waals surface area contributed by atoms with Gasteiger partial charge in [-0.15, -0.1) is 0 Å². The summed E-state index contributed by atoms with van der Waals surface area (Å²) in [4.78, 5) is 21.4. The van der Waals surface area contributed by atoms with Gasteiger partial charge in [0.15, 0.2) is 17.3 Å². The zero-order chi connectivity index (χ0) is 24.1. The van der Waals surface area contributed by atoms with E-state index in [4.69, 9.17) is 25.8 Å². The van der Waals surface area contributed by atoms with Crippen LogP contribution in [0, 0.1) is 0 Å². The molecule has 3 aromatic carbocycles. The van der Waals surface area contributed by atoms with E-state index in [1.54, 1.807) is 57.7 Å². The SMILES string of the molecule is COc1ccc(/C=C/C(=O)c2cccc(Nc3nc(Cl)nc4cc(OC)c(OC)cc34)c2)cc1. The molecule has 0 atom stereocenters. The molecule has 0 saturated heterocycles. The number of aromatic nitrogens is 2. The van der Waals surface area contributed by atoms with E-state index in [0.29, 0.717) is 39.5 Å². The minimum atomic E-state index is -0.128. The van der Waals surface area contributed by atoms with Gasteiger partial charge in [-0.25, -0.2) is 4.98 Å². The molecule has 0 saturated carbocycles. The summed E-state index contributed by atoms with van der Waals surface area (Å²) in [6.45, 7) is 0. The van der Waals surface area contributed by atoms with E-state index in [2.05, 4.69) is 15.3 Å². The maximum Gasteiger partial charge on any atom is 0.224 e. The van der Waals surface area contributed by atoms with Gasteiger partial charge < -0.3 is 19.5 Å². The summed E-state index contributed by atoms with van der Waals surface area (Å²) in [7, 11) is 4.72. The van der Waals surface area contributed by atoms with E-state index < -0.39 is 0 Å². The van der Waals surface area contributed by atoms with E-state index in [-0.39, 0.29) is 11.1 Å². The van der Waals surface area contributed by atoms with Crippen molar-refractivity contribution in [1.29, 1.82) is 0 Å². The molecule has 1 N–H and O–H groups in total. The van der Waals surface area contributed by atoms with E-state index in [9.17, 15) is 4.79 Å². The fourth-order valence-corrected chi connectivity index (χ4v) is 3.57. The smallest absolute Gasteiger partial charge is 0.224 e. The Labute approximate surface area is 202 Å². The molecule has 0 aliphatic carbocycles. The van der Waals surface area contributed by atoms with Crippen LogP contribution in [-0.4, -0.2) is 37.1 Å². The van der Waals surface area contributed by atoms with Gasteiger partial charge in [0.2, 0.25) is 5.28 Å². The van der Waals surface area contributed by atoms with Crippen LogP contribution >= 0.6 is 11.6 Å². The fourth-order valence-electron chi connectivity index (χ4n) is 3.39. The van der Waals surface area contributed by atoms with Crippen molar-refractivity contribution < 1.29 is 19.0 Å². The van der Waals surface area contributed by atoms with Gasteiger partial charge in [-0.3, -0.25) is 4.79 Å². The van der Waals surface area contributed by atoms with Gasteiger partial charge in [0, 0.05) is 22.7 Å². The van der Waals surface area contributed by atoms with Crippen molar-refractivity contribution in [3.63, 3.8) is 0 Å². The standard InChI is InChI=1S/C26H22ClN3O4/c1-32-19-10-7-16(8-11-19)9-12-22(31)17-5-4-6-18(13-17)28-25-20-14-23(33-2)24(34-3)15-21(20)29-26(27)30-25/h4-15H,1-3H3,(H,28,29,30)/b12-9+.